The van der Waals surface area contributed by atoms with Crippen molar-refractivity contribution in [3.8, 4) is 0 Å². The molecule has 1 aliphatic rings. The fourth-order valence-corrected chi connectivity index (χ4v) is 5.84. The Morgan fingerprint density at radius 2 is 1.93 bits per heavy atom. The third kappa shape index (κ3) is 12.2. The van der Waals surface area contributed by atoms with Crippen LogP contribution in [0.15, 0.2) is 0 Å². The molecule has 156 valence electrons. The van der Waals surface area contributed by atoms with E-state index in [0.29, 0.717) is 11.7 Å². The van der Waals surface area contributed by atoms with Gasteiger partial charge >= 0.3 is 5.97 Å². The van der Waals surface area contributed by atoms with Crippen LogP contribution in [-0.4, -0.2) is 65.2 Å². The first-order chi connectivity index (χ1) is 12.7. The van der Waals surface area contributed by atoms with Crippen LogP contribution < -0.4 is 10.6 Å². The molecule has 1 aliphatic heterocycles. The topological polar surface area (TPSA) is 150 Å². The molecule has 0 aromatic heterocycles. The van der Waals surface area contributed by atoms with Gasteiger partial charge in [0.25, 0.3) is 10.1 Å². The molecule has 0 aromatic carbocycles. The predicted octanol–water partition coefficient (Wildman–Crippen LogP) is 1.05. The number of hydrogen-bond acceptors (Lipinski definition) is 7. The Morgan fingerprint density at radius 1 is 1.19 bits per heavy atom. The second kappa shape index (κ2) is 12.5. The van der Waals surface area contributed by atoms with Crippen molar-refractivity contribution in [1.29, 1.82) is 0 Å². The second-order valence-corrected chi connectivity index (χ2v) is 10.6. The molecule has 12 heteroatoms. The summed E-state index contributed by atoms with van der Waals surface area (Å²) in [5.74, 6) is -1.62. The molecule has 1 heterocycles. The van der Waals surface area contributed by atoms with Gasteiger partial charge < -0.3 is 15.7 Å². The quantitative estimate of drug-likeness (QED) is 0.186. The molecule has 4 N–H and O–H groups in total. The molecule has 0 aromatic rings. The molecule has 2 atom stereocenters. The van der Waals surface area contributed by atoms with E-state index in [4.69, 9.17) is 9.66 Å². The highest BCUT2D eigenvalue weighted by atomic mass is 33.1. The van der Waals surface area contributed by atoms with Gasteiger partial charge in [0.2, 0.25) is 11.8 Å². The van der Waals surface area contributed by atoms with E-state index in [-0.39, 0.29) is 31.7 Å². The van der Waals surface area contributed by atoms with E-state index in [9.17, 15) is 22.8 Å². The number of carbonyl (C=O) groups excluding carboxylic acids is 2. The number of carboxylic acids is 1. The predicted molar refractivity (Wildman–Crippen MR) is 105 cm³/mol. The second-order valence-electron chi connectivity index (χ2n) is 6.20. The van der Waals surface area contributed by atoms with Gasteiger partial charge in [-0.3, -0.25) is 18.9 Å². The SMILES string of the molecule is O=C(O)CCC(NC(=O)CCCCC1CCSS1)C(=O)NCCS(=O)(=O)O. The lowest BCUT2D eigenvalue weighted by molar-refractivity contribution is -0.138. The zero-order valence-corrected chi connectivity index (χ0v) is 17.3. The third-order valence-electron chi connectivity index (χ3n) is 3.87. The molecule has 0 saturated carbocycles. The summed E-state index contributed by atoms with van der Waals surface area (Å²) in [6, 6.07) is -1.06. The van der Waals surface area contributed by atoms with Crippen molar-refractivity contribution in [2.45, 2.75) is 56.2 Å². The van der Waals surface area contributed by atoms with Crippen molar-refractivity contribution in [2.75, 3.05) is 18.1 Å². The molecule has 2 unspecified atom stereocenters. The monoisotopic (exact) mass is 442 g/mol. The van der Waals surface area contributed by atoms with E-state index < -0.39 is 33.8 Å². The molecule has 0 spiro atoms. The van der Waals surface area contributed by atoms with E-state index >= 15 is 0 Å². The molecule has 1 fully saturated rings. The van der Waals surface area contributed by atoms with E-state index in [1.165, 1.54) is 6.42 Å². The molecule has 1 saturated heterocycles. The summed E-state index contributed by atoms with van der Waals surface area (Å²) in [7, 11) is -0.469. The summed E-state index contributed by atoms with van der Waals surface area (Å²) < 4.78 is 30.0. The van der Waals surface area contributed by atoms with Gasteiger partial charge in [-0.15, -0.1) is 0 Å². The lowest BCUT2D eigenvalue weighted by Crippen LogP contribution is -2.47. The summed E-state index contributed by atoms with van der Waals surface area (Å²) in [5, 5.41) is 14.2. The summed E-state index contributed by atoms with van der Waals surface area (Å²) in [4.78, 5) is 34.9. The van der Waals surface area contributed by atoms with Crippen molar-refractivity contribution < 1.29 is 32.5 Å². The van der Waals surface area contributed by atoms with Gasteiger partial charge in [0.05, 0.1) is 5.75 Å². The van der Waals surface area contributed by atoms with E-state index in [0.717, 1.165) is 18.6 Å². The number of carbonyl (C=O) groups is 3. The Hall–Kier alpha value is -0.980. The lowest BCUT2D eigenvalue weighted by atomic mass is 10.1. The fourth-order valence-electron chi connectivity index (χ4n) is 2.45. The molecule has 0 radical (unpaired) electrons. The van der Waals surface area contributed by atoms with Gasteiger partial charge in [0, 0.05) is 30.4 Å². The standard InChI is InChI=1S/C15H26N2O7S3/c18-13(4-2-1-3-11-7-9-25-26-11)17-12(5-6-14(19)20)15(21)16-8-10-27(22,23)24/h11-12H,1-10H2,(H,16,21)(H,17,18)(H,19,20)(H,22,23,24). The van der Waals surface area contributed by atoms with Crippen LogP contribution in [0.25, 0.3) is 0 Å². The van der Waals surface area contributed by atoms with Gasteiger partial charge in [-0.05, 0) is 25.7 Å². The van der Waals surface area contributed by atoms with Crippen molar-refractivity contribution in [3.63, 3.8) is 0 Å². The lowest BCUT2D eigenvalue weighted by Gasteiger charge is -2.18. The molecule has 1 rings (SSSR count). The number of aliphatic carboxylic acids is 1. The van der Waals surface area contributed by atoms with Gasteiger partial charge in [0.15, 0.2) is 0 Å². The zero-order valence-electron chi connectivity index (χ0n) is 14.9. The Balaban J connectivity index is 2.38. The highest BCUT2D eigenvalue weighted by Crippen LogP contribution is 2.39. The molecule has 9 nitrogen and oxygen atoms in total. The maximum atomic E-state index is 12.1. The van der Waals surface area contributed by atoms with Crippen LogP contribution in [0.1, 0.15) is 44.9 Å². The Kier molecular flexibility index (Phi) is 11.1. The smallest absolute Gasteiger partial charge is 0.303 e. The maximum absolute atomic E-state index is 12.1. The summed E-state index contributed by atoms with van der Waals surface area (Å²) >= 11 is 0. The van der Waals surface area contributed by atoms with Crippen LogP contribution in [0, 0.1) is 0 Å². The van der Waals surface area contributed by atoms with Crippen LogP contribution in [0.4, 0.5) is 0 Å². The van der Waals surface area contributed by atoms with Gasteiger partial charge in [-0.25, -0.2) is 0 Å². The first-order valence-corrected chi connectivity index (χ1v) is 12.7. The van der Waals surface area contributed by atoms with Crippen LogP contribution in [0.3, 0.4) is 0 Å². The largest absolute Gasteiger partial charge is 0.481 e. The minimum Gasteiger partial charge on any atom is -0.481 e. The minimum atomic E-state index is -4.22. The molecular formula is C15H26N2O7S3. The number of hydrogen-bond donors (Lipinski definition) is 4. The number of unbranched alkanes of at least 4 members (excludes halogenated alkanes) is 1. The average Bonchev–Trinajstić information content (AvgIpc) is 3.07. The zero-order chi connectivity index (χ0) is 20.3. The summed E-state index contributed by atoms with van der Waals surface area (Å²) in [6.45, 7) is -0.325. The highest BCUT2D eigenvalue weighted by Gasteiger charge is 2.22. The van der Waals surface area contributed by atoms with Gasteiger partial charge in [-0.2, -0.15) is 8.42 Å². The first-order valence-electron chi connectivity index (χ1n) is 8.69. The molecular weight excluding hydrogens is 416 g/mol. The molecule has 0 bridgehead atoms. The normalized spacial score (nSPS) is 18.0. The Bertz CT molecular complexity index is 607. The van der Waals surface area contributed by atoms with Crippen LogP contribution in [0.2, 0.25) is 0 Å². The third-order valence-corrected chi connectivity index (χ3v) is 7.59. The Labute approximate surface area is 166 Å². The number of nitrogens with one attached hydrogen (secondary N) is 2. The Morgan fingerprint density at radius 3 is 2.52 bits per heavy atom. The molecule has 2 amide bonds. The molecule has 27 heavy (non-hydrogen) atoms. The average molecular weight is 443 g/mol. The molecule has 0 aliphatic carbocycles. The number of rotatable bonds is 13. The van der Waals surface area contributed by atoms with E-state index in [2.05, 4.69) is 10.6 Å². The van der Waals surface area contributed by atoms with Crippen molar-refractivity contribution >= 4 is 49.5 Å². The highest BCUT2D eigenvalue weighted by molar-refractivity contribution is 8.77. The van der Waals surface area contributed by atoms with Crippen molar-refractivity contribution in [2.24, 2.45) is 0 Å². The van der Waals surface area contributed by atoms with Crippen LogP contribution in [-0.2, 0) is 24.5 Å². The van der Waals surface area contributed by atoms with E-state index in [1.807, 2.05) is 21.6 Å². The first kappa shape index (κ1) is 24.1. The fraction of sp³-hybridized carbons (Fsp3) is 0.800. The number of amides is 2. The summed E-state index contributed by atoms with van der Waals surface area (Å²) in [5.41, 5.74) is 0. The van der Waals surface area contributed by atoms with Crippen molar-refractivity contribution in [1.82, 2.24) is 10.6 Å². The van der Waals surface area contributed by atoms with Crippen LogP contribution >= 0.6 is 21.6 Å². The summed E-state index contributed by atoms with van der Waals surface area (Å²) in [6.07, 6.45) is 3.65. The number of carboxylic acid groups (broad SMARTS) is 1. The minimum absolute atomic E-state index is 0.102. The van der Waals surface area contributed by atoms with Crippen LogP contribution in [0.5, 0.6) is 0 Å². The van der Waals surface area contributed by atoms with Gasteiger partial charge in [0.1, 0.15) is 6.04 Å². The van der Waals surface area contributed by atoms with Crippen molar-refractivity contribution in [3.05, 3.63) is 0 Å². The van der Waals surface area contributed by atoms with Gasteiger partial charge in [-0.1, -0.05) is 28.0 Å². The maximum Gasteiger partial charge on any atom is 0.303 e. The van der Waals surface area contributed by atoms with E-state index in [1.54, 1.807) is 0 Å².